The maximum atomic E-state index is 3.51. The normalized spacial score (nSPS) is 15.3. The van der Waals surface area contributed by atoms with E-state index in [0.717, 1.165) is 17.6 Å². The van der Waals surface area contributed by atoms with Crippen molar-refractivity contribution in [3.8, 4) is 0 Å². The first-order valence-corrected chi connectivity index (χ1v) is 8.38. The molecule has 2 aromatic rings. The molecule has 2 aromatic carbocycles. The zero-order chi connectivity index (χ0) is 14.5. The van der Waals surface area contributed by atoms with E-state index < -0.39 is 0 Å². The summed E-state index contributed by atoms with van der Waals surface area (Å²) in [6.45, 7) is 4.45. The van der Waals surface area contributed by atoms with E-state index in [0.29, 0.717) is 0 Å². The molecule has 0 unspecified atom stereocenters. The Labute approximate surface area is 135 Å². The second-order valence-corrected chi connectivity index (χ2v) is 6.58. The molecule has 0 aromatic heterocycles. The number of nitrogens with one attached hydrogen (secondary N) is 1. The molecule has 21 heavy (non-hydrogen) atoms. The second-order valence-electron chi connectivity index (χ2n) is 5.66. The summed E-state index contributed by atoms with van der Waals surface area (Å²) >= 11 is 3.51. The van der Waals surface area contributed by atoms with E-state index >= 15 is 0 Å². The highest BCUT2D eigenvalue weighted by Crippen LogP contribution is 2.17. The van der Waals surface area contributed by atoms with Gasteiger partial charge < -0.3 is 5.32 Å². The molecule has 0 amide bonds. The van der Waals surface area contributed by atoms with Crippen molar-refractivity contribution >= 4 is 21.6 Å². The maximum Gasteiger partial charge on any atom is 0.0401 e. The van der Waals surface area contributed by atoms with Gasteiger partial charge in [-0.15, -0.1) is 0 Å². The van der Waals surface area contributed by atoms with Crippen LogP contribution in [-0.2, 0) is 13.1 Å². The van der Waals surface area contributed by atoms with Crippen molar-refractivity contribution in [3.63, 3.8) is 0 Å². The molecule has 0 radical (unpaired) electrons. The molecule has 3 rings (SSSR count). The van der Waals surface area contributed by atoms with Crippen LogP contribution in [0.25, 0.3) is 0 Å². The number of likely N-dealkylation sites (tertiary alicyclic amines) is 1. The quantitative estimate of drug-likeness (QED) is 0.848. The lowest BCUT2D eigenvalue weighted by atomic mass is 10.2. The van der Waals surface area contributed by atoms with Crippen molar-refractivity contribution in [2.75, 3.05) is 18.4 Å². The predicted octanol–water partition coefficient (Wildman–Crippen LogP) is 4.66. The SMILES string of the molecule is Brc1cccc(CNc2ccc(CN3CCCC3)cc2)c1. The van der Waals surface area contributed by atoms with Crippen LogP contribution in [0.15, 0.2) is 53.0 Å². The van der Waals surface area contributed by atoms with Gasteiger partial charge in [-0.2, -0.15) is 0 Å². The molecule has 110 valence electrons. The summed E-state index contributed by atoms with van der Waals surface area (Å²) in [7, 11) is 0. The Morgan fingerprint density at radius 1 is 0.952 bits per heavy atom. The van der Waals surface area contributed by atoms with Crippen LogP contribution in [0.4, 0.5) is 5.69 Å². The van der Waals surface area contributed by atoms with Gasteiger partial charge in [0.1, 0.15) is 0 Å². The number of benzene rings is 2. The Balaban J connectivity index is 1.54. The third kappa shape index (κ3) is 4.32. The standard InChI is InChI=1S/C18H21BrN2/c19-17-5-3-4-16(12-17)13-20-18-8-6-15(7-9-18)14-21-10-1-2-11-21/h3-9,12,20H,1-2,10-11,13-14H2. The van der Waals surface area contributed by atoms with Crippen LogP contribution >= 0.6 is 15.9 Å². The van der Waals surface area contributed by atoms with Gasteiger partial charge >= 0.3 is 0 Å². The van der Waals surface area contributed by atoms with Gasteiger partial charge in [0.05, 0.1) is 0 Å². The predicted molar refractivity (Wildman–Crippen MR) is 92.4 cm³/mol. The molecule has 1 heterocycles. The molecule has 1 aliphatic rings. The smallest absolute Gasteiger partial charge is 0.0401 e. The van der Waals surface area contributed by atoms with E-state index in [2.05, 4.69) is 74.7 Å². The van der Waals surface area contributed by atoms with Gasteiger partial charge in [0, 0.05) is 23.2 Å². The van der Waals surface area contributed by atoms with Crippen molar-refractivity contribution in [1.82, 2.24) is 4.90 Å². The number of halogens is 1. The van der Waals surface area contributed by atoms with Crippen LogP contribution in [0.1, 0.15) is 24.0 Å². The highest BCUT2D eigenvalue weighted by Gasteiger charge is 2.11. The first-order valence-electron chi connectivity index (χ1n) is 7.59. The minimum atomic E-state index is 0.852. The van der Waals surface area contributed by atoms with E-state index in [4.69, 9.17) is 0 Å². The van der Waals surface area contributed by atoms with E-state index in [1.54, 1.807) is 0 Å². The van der Waals surface area contributed by atoms with Crippen molar-refractivity contribution in [2.24, 2.45) is 0 Å². The Kier molecular flexibility index (Phi) is 4.94. The average Bonchev–Trinajstić information content (AvgIpc) is 3.00. The van der Waals surface area contributed by atoms with Crippen molar-refractivity contribution in [1.29, 1.82) is 0 Å². The largest absolute Gasteiger partial charge is 0.381 e. The fourth-order valence-electron chi connectivity index (χ4n) is 2.78. The first kappa shape index (κ1) is 14.6. The molecule has 1 aliphatic heterocycles. The zero-order valence-corrected chi connectivity index (χ0v) is 13.8. The summed E-state index contributed by atoms with van der Waals surface area (Å²) in [6.07, 6.45) is 2.71. The van der Waals surface area contributed by atoms with Crippen LogP contribution in [-0.4, -0.2) is 18.0 Å². The Morgan fingerprint density at radius 2 is 1.71 bits per heavy atom. The maximum absolute atomic E-state index is 3.51. The third-order valence-corrected chi connectivity index (χ3v) is 4.44. The number of hydrogen-bond donors (Lipinski definition) is 1. The molecular formula is C18H21BrN2. The van der Waals surface area contributed by atoms with Gasteiger partial charge in [0.15, 0.2) is 0 Å². The van der Waals surface area contributed by atoms with Gasteiger partial charge in [0.2, 0.25) is 0 Å². The van der Waals surface area contributed by atoms with E-state index in [-0.39, 0.29) is 0 Å². The monoisotopic (exact) mass is 344 g/mol. The van der Waals surface area contributed by atoms with Crippen LogP contribution in [0.2, 0.25) is 0 Å². The fraction of sp³-hybridized carbons (Fsp3) is 0.333. The summed E-state index contributed by atoms with van der Waals surface area (Å²) < 4.78 is 1.13. The lowest BCUT2D eigenvalue weighted by Gasteiger charge is -2.15. The van der Waals surface area contributed by atoms with E-state index in [9.17, 15) is 0 Å². The highest BCUT2D eigenvalue weighted by molar-refractivity contribution is 9.10. The molecular weight excluding hydrogens is 324 g/mol. The minimum Gasteiger partial charge on any atom is -0.381 e. The summed E-state index contributed by atoms with van der Waals surface area (Å²) in [5.74, 6) is 0. The van der Waals surface area contributed by atoms with Crippen LogP contribution < -0.4 is 5.32 Å². The Morgan fingerprint density at radius 3 is 2.43 bits per heavy atom. The molecule has 2 nitrogen and oxygen atoms in total. The van der Waals surface area contributed by atoms with Crippen molar-refractivity contribution < 1.29 is 0 Å². The van der Waals surface area contributed by atoms with Crippen molar-refractivity contribution in [2.45, 2.75) is 25.9 Å². The molecule has 1 saturated heterocycles. The van der Waals surface area contributed by atoms with Gasteiger partial charge in [-0.05, 0) is 61.3 Å². The summed E-state index contributed by atoms with van der Waals surface area (Å²) in [4.78, 5) is 2.53. The van der Waals surface area contributed by atoms with Gasteiger partial charge in [-0.1, -0.05) is 40.2 Å². The summed E-state index contributed by atoms with van der Waals surface area (Å²) in [5, 5.41) is 3.47. The van der Waals surface area contributed by atoms with E-state index in [1.807, 2.05) is 0 Å². The average molecular weight is 345 g/mol. The number of nitrogens with zero attached hydrogens (tertiary/aromatic N) is 1. The van der Waals surface area contributed by atoms with Gasteiger partial charge in [0.25, 0.3) is 0 Å². The Bertz CT molecular complexity index is 574. The lowest BCUT2D eigenvalue weighted by Crippen LogP contribution is -2.18. The Hall–Kier alpha value is -1.32. The molecule has 0 aliphatic carbocycles. The first-order chi connectivity index (χ1) is 10.3. The van der Waals surface area contributed by atoms with E-state index in [1.165, 1.54) is 42.7 Å². The number of hydrogen-bond acceptors (Lipinski definition) is 2. The molecule has 0 atom stereocenters. The highest BCUT2D eigenvalue weighted by atomic mass is 79.9. The molecule has 0 saturated carbocycles. The van der Waals surface area contributed by atoms with Crippen LogP contribution in [0, 0.1) is 0 Å². The van der Waals surface area contributed by atoms with Gasteiger partial charge in [-0.3, -0.25) is 4.90 Å². The van der Waals surface area contributed by atoms with Crippen LogP contribution in [0.5, 0.6) is 0 Å². The van der Waals surface area contributed by atoms with Gasteiger partial charge in [-0.25, -0.2) is 0 Å². The molecule has 1 fully saturated rings. The van der Waals surface area contributed by atoms with Crippen molar-refractivity contribution in [3.05, 3.63) is 64.1 Å². The third-order valence-electron chi connectivity index (χ3n) is 3.94. The summed E-state index contributed by atoms with van der Waals surface area (Å²) in [6, 6.07) is 17.3. The number of rotatable bonds is 5. The zero-order valence-electron chi connectivity index (χ0n) is 12.2. The molecule has 3 heteroatoms. The fourth-order valence-corrected chi connectivity index (χ4v) is 3.22. The number of anilines is 1. The topological polar surface area (TPSA) is 15.3 Å². The minimum absolute atomic E-state index is 0.852. The second kappa shape index (κ2) is 7.10. The molecule has 0 bridgehead atoms. The molecule has 1 N–H and O–H groups in total. The summed E-state index contributed by atoms with van der Waals surface area (Å²) in [5.41, 5.74) is 3.87. The lowest BCUT2D eigenvalue weighted by molar-refractivity contribution is 0.331. The van der Waals surface area contributed by atoms with Crippen LogP contribution in [0.3, 0.4) is 0 Å². The molecule has 0 spiro atoms.